The van der Waals surface area contributed by atoms with Gasteiger partial charge in [-0.3, -0.25) is 4.79 Å². The van der Waals surface area contributed by atoms with E-state index < -0.39 is 0 Å². The molecule has 16 heavy (non-hydrogen) atoms. The second-order valence-corrected chi connectivity index (χ2v) is 4.07. The third-order valence-electron chi connectivity index (χ3n) is 2.52. The van der Waals surface area contributed by atoms with Crippen molar-refractivity contribution in [2.75, 3.05) is 25.1 Å². The summed E-state index contributed by atoms with van der Waals surface area (Å²) in [5.41, 5.74) is -0.179. The van der Waals surface area contributed by atoms with Crippen LogP contribution in [0.15, 0.2) is 17.2 Å². The summed E-state index contributed by atoms with van der Waals surface area (Å²) < 4.78 is 5.48. The second kappa shape index (κ2) is 5.65. The lowest BCUT2D eigenvalue weighted by atomic mass is 10.4. The molecule has 0 spiro atoms. The third kappa shape index (κ3) is 3.66. The predicted octanol–water partition coefficient (Wildman–Crippen LogP) is 0.998. The van der Waals surface area contributed by atoms with Crippen molar-refractivity contribution in [1.82, 2.24) is 9.97 Å². The van der Waals surface area contributed by atoms with E-state index in [9.17, 15) is 4.79 Å². The summed E-state index contributed by atoms with van der Waals surface area (Å²) in [6.07, 6.45) is 6.62. The molecule has 1 aliphatic carbocycles. The van der Waals surface area contributed by atoms with Crippen LogP contribution in [0.1, 0.15) is 19.3 Å². The highest BCUT2D eigenvalue weighted by Gasteiger charge is 2.20. The molecule has 1 saturated carbocycles. The summed E-state index contributed by atoms with van der Waals surface area (Å²) in [4.78, 5) is 17.7. The first-order chi connectivity index (χ1) is 7.86. The summed E-state index contributed by atoms with van der Waals surface area (Å²) in [5.74, 6) is 1.19. The first kappa shape index (κ1) is 11.1. The highest BCUT2D eigenvalue weighted by atomic mass is 16.5. The molecule has 0 bridgehead atoms. The molecular formula is C11H17N3O2. The van der Waals surface area contributed by atoms with E-state index in [4.69, 9.17) is 4.74 Å². The number of anilines is 1. The molecule has 1 aromatic rings. The Balaban J connectivity index is 1.56. The molecule has 0 aromatic carbocycles. The van der Waals surface area contributed by atoms with Crippen LogP contribution in [-0.4, -0.2) is 29.7 Å². The van der Waals surface area contributed by atoms with Crippen LogP contribution in [0.3, 0.4) is 0 Å². The maximum absolute atomic E-state index is 11.2. The Morgan fingerprint density at radius 3 is 3.19 bits per heavy atom. The van der Waals surface area contributed by atoms with E-state index in [1.54, 1.807) is 6.20 Å². The molecule has 0 saturated heterocycles. The van der Waals surface area contributed by atoms with Crippen molar-refractivity contribution in [3.63, 3.8) is 0 Å². The van der Waals surface area contributed by atoms with Gasteiger partial charge in [0.25, 0.3) is 5.56 Å². The molecule has 0 radical (unpaired) electrons. The van der Waals surface area contributed by atoms with Gasteiger partial charge in [0, 0.05) is 32.2 Å². The first-order valence-electron chi connectivity index (χ1n) is 5.71. The van der Waals surface area contributed by atoms with Gasteiger partial charge in [-0.15, -0.1) is 0 Å². The van der Waals surface area contributed by atoms with Gasteiger partial charge in [-0.05, 0) is 25.2 Å². The number of nitrogens with zero attached hydrogens (tertiary/aromatic N) is 1. The monoisotopic (exact) mass is 223 g/mol. The minimum atomic E-state index is -0.179. The molecule has 0 atom stereocenters. The molecule has 1 fully saturated rings. The van der Waals surface area contributed by atoms with Crippen LogP contribution < -0.4 is 10.9 Å². The summed E-state index contributed by atoms with van der Waals surface area (Å²) in [5, 5.41) is 2.98. The van der Waals surface area contributed by atoms with Crippen molar-refractivity contribution in [3.05, 3.63) is 22.7 Å². The highest BCUT2D eigenvalue weighted by Crippen LogP contribution is 2.28. The van der Waals surface area contributed by atoms with Crippen molar-refractivity contribution in [2.24, 2.45) is 5.92 Å². The van der Waals surface area contributed by atoms with Crippen molar-refractivity contribution in [1.29, 1.82) is 0 Å². The van der Waals surface area contributed by atoms with E-state index in [0.717, 1.165) is 25.6 Å². The van der Waals surface area contributed by atoms with Gasteiger partial charge in [-0.25, -0.2) is 4.98 Å². The number of ether oxygens (including phenoxy) is 1. The van der Waals surface area contributed by atoms with Crippen LogP contribution in [0, 0.1) is 5.92 Å². The largest absolute Gasteiger partial charge is 0.381 e. The Labute approximate surface area is 94.2 Å². The van der Waals surface area contributed by atoms with Gasteiger partial charge >= 0.3 is 0 Å². The molecular weight excluding hydrogens is 206 g/mol. The van der Waals surface area contributed by atoms with E-state index >= 15 is 0 Å². The molecule has 0 unspecified atom stereocenters. The Bertz CT molecular complexity index is 373. The van der Waals surface area contributed by atoms with Crippen molar-refractivity contribution >= 4 is 5.82 Å². The number of nitrogens with one attached hydrogen (secondary N) is 2. The normalized spacial score (nSPS) is 15.0. The van der Waals surface area contributed by atoms with Gasteiger partial charge in [0.2, 0.25) is 0 Å². The van der Waals surface area contributed by atoms with Crippen LogP contribution in [0.4, 0.5) is 5.82 Å². The average Bonchev–Trinajstić information content (AvgIpc) is 3.09. The number of aromatic amines is 1. The van der Waals surface area contributed by atoms with Gasteiger partial charge in [0.1, 0.15) is 0 Å². The van der Waals surface area contributed by atoms with E-state index in [-0.39, 0.29) is 5.56 Å². The minimum absolute atomic E-state index is 0.179. The second-order valence-electron chi connectivity index (χ2n) is 4.07. The Morgan fingerprint density at radius 1 is 1.56 bits per heavy atom. The fourth-order valence-corrected chi connectivity index (χ4v) is 1.39. The lowest BCUT2D eigenvalue weighted by molar-refractivity contribution is 0.124. The van der Waals surface area contributed by atoms with Crippen LogP contribution in [0.5, 0.6) is 0 Å². The van der Waals surface area contributed by atoms with Crippen LogP contribution >= 0.6 is 0 Å². The first-order valence-corrected chi connectivity index (χ1v) is 5.71. The standard InChI is InChI=1S/C11H17N3O2/c15-11-10(13-5-6-14-11)12-4-1-7-16-8-9-2-3-9/h5-6,9H,1-4,7-8H2,(H,12,13)(H,14,15). The number of hydrogen-bond acceptors (Lipinski definition) is 4. The zero-order valence-corrected chi connectivity index (χ0v) is 9.24. The molecule has 0 aliphatic heterocycles. The quantitative estimate of drug-likeness (QED) is 0.677. The van der Waals surface area contributed by atoms with Crippen molar-refractivity contribution in [3.8, 4) is 0 Å². The van der Waals surface area contributed by atoms with Gasteiger partial charge in [-0.1, -0.05) is 0 Å². The smallest absolute Gasteiger partial charge is 0.290 e. The van der Waals surface area contributed by atoms with Gasteiger partial charge in [0.15, 0.2) is 5.82 Å². The summed E-state index contributed by atoms with van der Waals surface area (Å²) in [6, 6.07) is 0. The minimum Gasteiger partial charge on any atom is -0.381 e. The molecule has 2 rings (SSSR count). The maximum Gasteiger partial charge on any atom is 0.290 e. The van der Waals surface area contributed by atoms with Gasteiger partial charge < -0.3 is 15.0 Å². The molecule has 88 valence electrons. The fourth-order valence-electron chi connectivity index (χ4n) is 1.39. The summed E-state index contributed by atoms with van der Waals surface area (Å²) in [6.45, 7) is 2.35. The van der Waals surface area contributed by atoms with E-state index in [1.807, 2.05) is 0 Å². The maximum atomic E-state index is 11.2. The molecule has 2 N–H and O–H groups in total. The lowest BCUT2D eigenvalue weighted by Crippen LogP contribution is -2.17. The Morgan fingerprint density at radius 2 is 2.44 bits per heavy atom. The summed E-state index contributed by atoms with van der Waals surface area (Å²) in [7, 11) is 0. The van der Waals surface area contributed by atoms with Crippen LogP contribution in [0.2, 0.25) is 0 Å². The van der Waals surface area contributed by atoms with Crippen molar-refractivity contribution < 1.29 is 4.74 Å². The van der Waals surface area contributed by atoms with Crippen LogP contribution in [-0.2, 0) is 4.74 Å². The number of aromatic nitrogens is 2. The Hall–Kier alpha value is -1.36. The fraction of sp³-hybridized carbons (Fsp3) is 0.636. The molecule has 1 heterocycles. The number of hydrogen-bond donors (Lipinski definition) is 2. The zero-order valence-electron chi connectivity index (χ0n) is 9.24. The average molecular weight is 223 g/mol. The van der Waals surface area contributed by atoms with Crippen LogP contribution in [0.25, 0.3) is 0 Å². The molecule has 1 aromatic heterocycles. The van der Waals surface area contributed by atoms with E-state index in [2.05, 4.69) is 15.3 Å². The third-order valence-corrected chi connectivity index (χ3v) is 2.52. The van der Waals surface area contributed by atoms with E-state index in [1.165, 1.54) is 19.0 Å². The molecule has 0 amide bonds. The molecule has 1 aliphatic rings. The molecule has 5 nitrogen and oxygen atoms in total. The van der Waals surface area contributed by atoms with Gasteiger partial charge in [0.05, 0.1) is 0 Å². The number of H-pyrrole nitrogens is 1. The Kier molecular flexibility index (Phi) is 3.93. The van der Waals surface area contributed by atoms with Crippen molar-refractivity contribution in [2.45, 2.75) is 19.3 Å². The SMILES string of the molecule is O=c1[nH]ccnc1NCCCOCC1CC1. The van der Waals surface area contributed by atoms with E-state index in [0.29, 0.717) is 12.4 Å². The zero-order chi connectivity index (χ0) is 11.2. The van der Waals surface area contributed by atoms with Gasteiger partial charge in [-0.2, -0.15) is 0 Å². The highest BCUT2D eigenvalue weighted by molar-refractivity contribution is 5.29. The predicted molar refractivity (Wildman–Crippen MR) is 61.5 cm³/mol. The lowest BCUT2D eigenvalue weighted by Gasteiger charge is -2.04. The topological polar surface area (TPSA) is 67.0 Å². The summed E-state index contributed by atoms with van der Waals surface area (Å²) >= 11 is 0. The molecule has 5 heteroatoms. The number of rotatable bonds is 7.